The molecule has 2 aromatic rings. The number of hydrogen-bond donors (Lipinski definition) is 2. The van der Waals surface area contributed by atoms with Crippen molar-refractivity contribution in [1.82, 2.24) is 5.32 Å². The van der Waals surface area contributed by atoms with Gasteiger partial charge in [-0.25, -0.2) is 4.79 Å². The van der Waals surface area contributed by atoms with Gasteiger partial charge in [0.05, 0.1) is 0 Å². The van der Waals surface area contributed by atoms with Crippen molar-refractivity contribution in [2.45, 2.75) is 46.1 Å². The molecule has 0 bridgehead atoms. The molecule has 2 aromatic carbocycles. The van der Waals surface area contributed by atoms with Crippen molar-refractivity contribution in [2.24, 2.45) is 5.92 Å². The minimum absolute atomic E-state index is 0.0851. The summed E-state index contributed by atoms with van der Waals surface area (Å²) in [6.45, 7) is 5.54. The van der Waals surface area contributed by atoms with Crippen LogP contribution in [-0.4, -0.2) is 23.0 Å². The zero-order chi connectivity index (χ0) is 19.4. The van der Waals surface area contributed by atoms with E-state index < -0.39 is 12.0 Å². The summed E-state index contributed by atoms with van der Waals surface area (Å²) in [6.07, 6.45) is 2.15. The minimum Gasteiger partial charge on any atom is -0.480 e. The SMILES string of the molecule is CCCCC(=O)N[C@H](C(=O)O)C(C)C.c1ccc(-c2ccccc2)cc1. The van der Waals surface area contributed by atoms with Crippen LogP contribution in [-0.2, 0) is 9.59 Å². The summed E-state index contributed by atoms with van der Waals surface area (Å²) >= 11 is 0. The van der Waals surface area contributed by atoms with E-state index in [1.54, 1.807) is 13.8 Å². The Labute approximate surface area is 156 Å². The highest BCUT2D eigenvalue weighted by atomic mass is 16.4. The monoisotopic (exact) mass is 355 g/mol. The zero-order valence-electron chi connectivity index (χ0n) is 15.8. The molecule has 2 rings (SSSR count). The maximum Gasteiger partial charge on any atom is 0.326 e. The van der Waals surface area contributed by atoms with E-state index in [1.807, 2.05) is 19.1 Å². The van der Waals surface area contributed by atoms with E-state index in [-0.39, 0.29) is 11.8 Å². The molecule has 4 heteroatoms. The molecule has 26 heavy (non-hydrogen) atoms. The van der Waals surface area contributed by atoms with Crippen LogP contribution in [0.4, 0.5) is 0 Å². The van der Waals surface area contributed by atoms with Gasteiger partial charge in [-0.1, -0.05) is 87.9 Å². The molecule has 0 saturated carbocycles. The van der Waals surface area contributed by atoms with Gasteiger partial charge in [-0.2, -0.15) is 0 Å². The number of carboxylic acids is 1. The molecule has 1 amide bonds. The molecule has 0 fully saturated rings. The Morgan fingerprint density at radius 2 is 1.38 bits per heavy atom. The van der Waals surface area contributed by atoms with Crippen LogP contribution in [0, 0.1) is 5.92 Å². The minimum atomic E-state index is -0.968. The maximum absolute atomic E-state index is 11.2. The van der Waals surface area contributed by atoms with Crippen LogP contribution >= 0.6 is 0 Å². The number of carbonyl (C=O) groups is 2. The molecule has 4 nitrogen and oxygen atoms in total. The first-order chi connectivity index (χ1) is 12.5. The standard InChI is InChI=1S/C12H10.C10H19NO3/c1-3-7-11(8-4-1)12-9-5-2-6-10-12;1-4-5-6-8(12)11-9(7(2)3)10(13)14/h1-10H;7,9H,4-6H2,1-3H3,(H,11,12)(H,13,14)/t;9-/m.0/s1. The lowest BCUT2D eigenvalue weighted by Gasteiger charge is -2.17. The third-order valence-electron chi connectivity index (χ3n) is 3.89. The van der Waals surface area contributed by atoms with Gasteiger partial charge in [0.2, 0.25) is 5.91 Å². The Hall–Kier alpha value is -2.62. The van der Waals surface area contributed by atoms with E-state index in [4.69, 9.17) is 5.11 Å². The number of rotatable bonds is 7. The number of carboxylic acid groups (broad SMARTS) is 1. The van der Waals surface area contributed by atoms with E-state index in [0.717, 1.165) is 12.8 Å². The first-order valence-electron chi connectivity index (χ1n) is 9.08. The van der Waals surface area contributed by atoms with Crippen LogP contribution in [0.3, 0.4) is 0 Å². The molecule has 0 aliphatic carbocycles. The molecule has 1 atom stereocenters. The van der Waals surface area contributed by atoms with E-state index in [1.165, 1.54) is 11.1 Å². The Morgan fingerprint density at radius 1 is 0.923 bits per heavy atom. The lowest BCUT2D eigenvalue weighted by molar-refractivity contribution is -0.143. The van der Waals surface area contributed by atoms with Crippen LogP contribution in [0.2, 0.25) is 0 Å². The molecule has 0 aromatic heterocycles. The first-order valence-corrected chi connectivity index (χ1v) is 9.08. The molecule has 2 N–H and O–H groups in total. The van der Waals surface area contributed by atoms with Crippen molar-refractivity contribution in [3.05, 3.63) is 60.7 Å². The number of carbonyl (C=O) groups excluding carboxylic acids is 1. The van der Waals surface area contributed by atoms with Crippen molar-refractivity contribution in [3.63, 3.8) is 0 Å². The van der Waals surface area contributed by atoms with Crippen LogP contribution in [0.25, 0.3) is 11.1 Å². The first kappa shape index (κ1) is 21.4. The predicted molar refractivity (Wildman–Crippen MR) is 106 cm³/mol. The molecule has 140 valence electrons. The predicted octanol–water partition coefficient (Wildman–Crippen LogP) is 4.76. The summed E-state index contributed by atoms with van der Waals surface area (Å²) < 4.78 is 0. The van der Waals surface area contributed by atoms with Gasteiger partial charge in [-0.15, -0.1) is 0 Å². The highest BCUT2D eigenvalue weighted by Gasteiger charge is 2.22. The summed E-state index contributed by atoms with van der Waals surface area (Å²) in [4.78, 5) is 22.0. The largest absolute Gasteiger partial charge is 0.480 e. The van der Waals surface area contributed by atoms with E-state index in [2.05, 4.69) is 53.8 Å². The molecule has 0 spiro atoms. The van der Waals surface area contributed by atoms with E-state index in [9.17, 15) is 9.59 Å². The van der Waals surface area contributed by atoms with E-state index in [0.29, 0.717) is 6.42 Å². The fraction of sp³-hybridized carbons (Fsp3) is 0.364. The molecule has 0 aliphatic rings. The molecular formula is C22H29NO3. The zero-order valence-corrected chi connectivity index (χ0v) is 15.8. The average molecular weight is 355 g/mol. The quantitative estimate of drug-likeness (QED) is 0.753. The summed E-state index contributed by atoms with van der Waals surface area (Å²) in [5.74, 6) is -1.23. The second-order valence-corrected chi connectivity index (χ2v) is 6.46. The second-order valence-electron chi connectivity index (χ2n) is 6.46. The van der Waals surface area contributed by atoms with Gasteiger partial charge in [-0.3, -0.25) is 4.79 Å². The van der Waals surface area contributed by atoms with Gasteiger partial charge < -0.3 is 10.4 Å². The van der Waals surface area contributed by atoms with Gasteiger partial charge in [0.15, 0.2) is 0 Å². The van der Waals surface area contributed by atoms with Gasteiger partial charge in [-0.05, 0) is 23.5 Å². The van der Waals surface area contributed by atoms with Crippen molar-refractivity contribution >= 4 is 11.9 Å². The van der Waals surface area contributed by atoms with Crippen LogP contribution in [0.5, 0.6) is 0 Å². The second kappa shape index (κ2) is 11.9. The highest BCUT2D eigenvalue weighted by molar-refractivity contribution is 5.83. The van der Waals surface area contributed by atoms with Crippen molar-refractivity contribution in [3.8, 4) is 11.1 Å². The molecule has 0 saturated heterocycles. The van der Waals surface area contributed by atoms with Crippen molar-refractivity contribution in [2.75, 3.05) is 0 Å². The van der Waals surface area contributed by atoms with Crippen LogP contribution in [0.15, 0.2) is 60.7 Å². The summed E-state index contributed by atoms with van der Waals surface area (Å²) in [6, 6.07) is 20.0. The maximum atomic E-state index is 11.2. The molecular weight excluding hydrogens is 326 g/mol. The number of nitrogens with one attached hydrogen (secondary N) is 1. The Balaban J connectivity index is 0.000000262. The molecule has 0 heterocycles. The van der Waals surface area contributed by atoms with Gasteiger partial charge >= 0.3 is 5.97 Å². The fourth-order valence-corrected chi connectivity index (χ4v) is 2.36. The number of hydrogen-bond acceptors (Lipinski definition) is 2. The average Bonchev–Trinajstić information content (AvgIpc) is 2.66. The third kappa shape index (κ3) is 7.97. The highest BCUT2D eigenvalue weighted by Crippen LogP contribution is 2.17. The number of unbranched alkanes of at least 4 members (excludes halogenated alkanes) is 1. The number of aliphatic carboxylic acids is 1. The smallest absolute Gasteiger partial charge is 0.326 e. The Morgan fingerprint density at radius 3 is 1.73 bits per heavy atom. The Bertz CT molecular complexity index is 616. The summed E-state index contributed by atoms with van der Waals surface area (Å²) in [5, 5.41) is 11.3. The normalized spacial score (nSPS) is 11.2. The summed E-state index contributed by atoms with van der Waals surface area (Å²) in [7, 11) is 0. The third-order valence-corrected chi connectivity index (χ3v) is 3.89. The van der Waals surface area contributed by atoms with E-state index >= 15 is 0 Å². The molecule has 0 aliphatic heterocycles. The van der Waals surface area contributed by atoms with Gasteiger partial charge in [0.25, 0.3) is 0 Å². The topological polar surface area (TPSA) is 66.4 Å². The molecule has 0 unspecified atom stereocenters. The van der Waals surface area contributed by atoms with Crippen LogP contribution < -0.4 is 5.32 Å². The van der Waals surface area contributed by atoms with Gasteiger partial charge in [0, 0.05) is 6.42 Å². The van der Waals surface area contributed by atoms with Crippen LogP contribution in [0.1, 0.15) is 40.0 Å². The van der Waals surface area contributed by atoms with Crippen molar-refractivity contribution in [1.29, 1.82) is 0 Å². The van der Waals surface area contributed by atoms with Gasteiger partial charge in [0.1, 0.15) is 6.04 Å². The fourth-order valence-electron chi connectivity index (χ4n) is 2.36. The lowest BCUT2D eigenvalue weighted by atomic mass is 10.0. The summed E-state index contributed by atoms with van der Waals surface area (Å²) in [5.41, 5.74) is 2.55. The number of amides is 1. The number of benzene rings is 2. The lowest BCUT2D eigenvalue weighted by Crippen LogP contribution is -2.44. The van der Waals surface area contributed by atoms with Crippen molar-refractivity contribution < 1.29 is 14.7 Å². The molecule has 0 radical (unpaired) electrons. The Kier molecular flexibility index (Phi) is 9.77.